The second-order valence-corrected chi connectivity index (χ2v) is 18.5. The Hall–Kier alpha value is -3.60. The summed E-state index contributed by atoms with van der Waals surface area (Å²) in [7, 11) is 3.90. The lowest BCUT2D eigenvalue weighted by atomic mass is 10.0. The molecule has 0 spiro atoms. The predicted molar refractivity (Wildman–Crippen MR) is 217 cm³/mol. The van der Waals surface area contributed by atoms with Gasteiger partial charge >= 0.3 is 18.3 Å². The number of nitrogens with zero attached hydrogens (tertiary/aromatic N) is 7. The van der Waals surface area contributed by atoms with E-state index in [4.69, 9.17) is 47.1 Å². The summed E-state index contributed by atoms with van der Waals surface area (Å²) in [5.74, 6) is -0.825. The number of anilines is 1. The highest BCUT2D eigenvalue weighted by atomic mass is 35.5. The number of thioether (sulfide) groups is 2. The van der Waals surface area contributed by atoms with Crippen molar-refractivity contribution in [2.24, 2.45) is 0 Å². The fourth-order valence-electron chi connectivity index (χ4n) is 5.38. The van der Waals surface area contributed by atoms with Crippen molar-refractivity contribution < 1.29 is 37.5 Å². The number of aliphatic carboxylic acids is 1. The molecule has 2 aliphatic rings. The van der Waals surface area contributed by atoms with E-state index in [1.807, 2.05) is 32.8 Å². The summed E-state index contributed by atoms with van der Waals surface area (Å²) in [6.07, 6.45) is 0.000917. The van der Waals surface area contributed by atoms with Crippen LogP contribution in [0.15, 0.2) is 49.2 Å². The fourth-order valence-corrected chi connectivity index (χ4v) is 10.5. The van der Waals surface area contributed by atoms with Crippen LogP contribution in [0.3, 0.4) is 0 Å². The maximum Gasteiger partial charge on any atom is 0.380 e. The molecule has 0 bridgehead atoms. The molecule has 1 fully saturated rings. The van der Waals surface area contributed by atoms with Crippen LogP contribution >= 0.6 is 53.2 Å². The van der Waals surface area contributed by atoms with E-state index in [9.17, 15) is 24.3 Å². The van der Waals surface area contributed by atoms with Gasteiger partial charge in [0.25, 0.3) is 5.91 Å². The van der Waals surface area contributed by atoms with Crippen LogP contribution in [0.2, 0.25) is 5.02 Å². The molecular weight excluding hydrogens is 849 g/mol. The molecule has 4 aromatic rings. The Bertz CT molecular complexity index is 2220. The van der Waals surface area contributed by atoms with E-state index in [2.05, 4.69) is 25.8 Å². The van der Waals surface area contributed by atoms with E-state index < -0.39 is 35.6 Å². The van der Waals surface area contributed by atoms with E-state index in [-0.39, 0.29) is 23.0 Å². The topological polar surface area (TPSA) is 230 Å². The fraction of sp³-hybridized carbons (Fsp3) is 0.438. The van der Waals surface area contributed by atoms with E-state index in [0.717, 1.165) is 11.9 Å². The van der Waals surface area contributed by atoms with Gasteiger partial charge in [0.15, 0.2) is 5.13 Å². The van der Waals surface area contributed by atoms with Crippen molar-refractivity contribution in [3.63, 3.8) is 0 Å². The van der Waals surface area contributed by atoms with Gasteiger partial charge in [-0.25, -0.2) is 19.3 Å². The zero-order valence-corrected chi connectivity index (χ0v) is 35.7. The van der Waals surface area contributed by atoms with Gasteiger partial charge in [0, 0.05) is 46.7 Å². The van der Waals surface area contributed by atoms with Crippen LogP contribution < -0.4 is 21.2 Å². The number of nitrogens with two attached hydrogens (primary N) is 1. The van der Waals surface area contributed by atoms with Crippen molar-refractivity contribution in [2.45, 2.75) is 50.3 Å². The van der Waals surface area contributed by atoms with E-state index in [0.29, 0.717) is 69.7 Å². The monoisotopic (exact) mass is 887 g/mol. The van der Waals surface area contributed by atoms with Crippen LogP contribution in [-0.2, 0) is 48.2 Å². The summed E-state index contributed by atoms with van der Waals surface area (Å²) < 4.78 is 23.4. The van der Waals surface area contributed by atoms with Crippen molar-refractivity contribution >= 4 is 98.9 Å². The number of tetrazole rings is 1. The minimum absolute atomic E-state index is 0.000917. The molecule has 5 heterocycles. The largest absolute Gasteiger partial charge is 0.477 e. The highest BCUT2D eigenvalue weighted by Gasteiger charge is 2.54. The molecule has 0 unspecified atom stereocenters. The van der Waals surface area contributed by atoms with Gasteiger partial charge < -0.3 is 30.0 Å². The molecule has 4 N–H and O–H groups in total. The number of nitrogens with one attached hydrogen (secondary N) is 1. The van der Waals surface area contributed by atoms with E-state index in [1.165, 1.54) is 39.8 Å². The number of nitrogen functional groups attached to an aromatic ring is 1. The van der Waals surface area contributed by atoms with Crippen molar-refractivity contribution in [1.82, 2.24) is 40.3 Å². The first-order valence-corrected chi connectivity index (χ1v) is 22.7. The molecule has 1 saturated heterocycles. The summed E-state index contributed by atoms with van der Waals surface area (Å²) in [6.45, 7) is 4.64. The number of carboxylic acids is 1. The minimum Gasteiger partial charge on any atom is -0.477 e. The molecule has 6 rings (SSSR count). The number of hydrogen-bond donors (Lipinski definition) is 3. The third-order valence-electron chi connectivity index (χ3n) is 7.97. The second kappa shape index (κ2) is 19.2. The number of rotatable bonds is 16. The smallest absolute Gasteiger partial charge is 0.380 e. The Labute approximate surface area is 343 Å². The Balaban J connectivity index is 0.000000236. The molecule has 3 aromatic heterocycles. The molecular formula is C32H39ClN9O9PS4. The van der Waals surface area contributed by atoms with Gasteiger partial charge in [0.05, 0.1) is 31.9 Å². The van der Waals surface area contributed by atoms with Gasteiger partial charge in [0.2, 0.25) is 11.1 Å². The molecule has 2 amide bonds. The minimum atomic E-state index is -2.87. The number of carbonyl (C=O) groups excluding carboxylic acids is 2. The first kappa shape index (κ1) is 43.5. The highest BCUT2D eigenvalue weighted by Crippen LogP contribution is 2.50. The van der Waals surface area contributed by atoms with Crippen LogP contribution in [0.1, 0.15) is 25.1 Å². The lowest BCUT2D eigenvalue weighted by molar-refractivity contribution is -0.150. The number of benzene rings is 1. The first-order valence-electron chi connectivity index (χ1n) is 16.9. The van der Waals surface area contributed by atoms with Gasteiger partial charge in [0.1, 0.15) is 33.5 Å². The predicted octanol–water partition coefficient (Wildman–Crippen LogP) is 3.78. The number of amides is 2. The normalized spacial score (nSPS) is 16.7. The molecule has 56 heavy (non-hydrogen) atoms. The Morgan fingerprint density at radius 1 is 1.25 bits per heavy atom. The zero-order chi connectivity index (χ0) is 40.7. The summed E-state index contributed by atoms with van der Waals surface area (Å²) in [4.78, 5) is 56.2. The molecule has 302 valence electrons. The Morgan fingerprint density at radius 2 is 1.98 bits per heavy atom. The maximum atomic E-state index is 12.8. The summed E-state index contributed by atoms with van der Waals surface area (Å²) >= 11 is 15.2. The molecule has 18 nitrogen and oxygen atoms in total. The van der Waals surface area contributed by atoms with Gasteiger partial charge in [-0.2, -0.15) is 0 Å². The molecule has 0 aliphatic carbocycles. The maximum absolute atomic E-state index is 12.8. The second-order valence-electron chi connectivity index (χ2n) is 12.2. The summed E-state index contributed by atoms with van der Waals surface area (Å²) in [5.41, 5.74) is 7.13. The number of halogens is 1. The molecule has 24 heteroatoms. The average Bonchev–Trinajstić information content (AvgIpc) is 3.78. The summed E-state index contributed by atoms with van der Waals surface area (Å²) in [5, 5.41) is 27.2. The average molecular weight is 888 g/mol. The van der Waals surface area contributed by atoms with Crippen LogP contribution in [0, 0.1) is 6.92 Å². The quantitative estimate of drug-likeness (QED) is 0.0629. The van der Waals surface area contributed by atoms with Crippen molar-refractivity contribution in [3.8, 4) is 5.75 Å². The van der Waals surface area contributed by atoms with Crippen LogP contribution in [0.5, 0.6) is 5.75 Å². The number of thiazole rings is 1. The number of aromatic nitrogens is 5. The van der Waals surface area contributed by atoms with Crippen molar-refractivity contribution in [1.29, 1.82) is 0 Å². The SMILES string of the molecule is CCOP(=S)(OCC)Oc1ccc2c(C)c(Cl)c(=O)oc2c1.CN(C)CCn1nnnc1SCC1=C(C(=O)O)N2C(=O)[C@@H](NC(=O)Cc3csc(N)n3)[C@H]2SC1. The lowest BCUT2D eigenvalue weighted by Crippen LogP contribution is -2.70. The Morgan fingerprint density at radius 3 is 2.62 bits per heavy atom. The lowest BCUT2D eigenvalue weighted by Gasteiger charge is -2.49. The molecule has 0 radical (unpaired) electrons. The van der Waals surface area contributed by atoms with Crippen molar-refractivity contribution in [2.75, 3.05) is 51.1 Å². The van der Waals surface area contributed by atoms with Gasteiger partial charge in [-0.15, -0.1) is 28.2 Å². The van der Waals surface area contributed by atoms with Crippen LogP contribution in [0.25, 0.3) is 11.0 Å². The number of fused-ring (bicyclic) bond motifs is 2. The first-order chi connectivity index (χ1) is 26.6. The number of carbonyl (C=O) groups is 3. The number of carboxylic acid groups (broad SMARTS) is 1. The van der Waals surface area contributed by atoms with Crippen LogP contribution in [0.4, 0.5) is 5.13 Å². The third kappa shape index (κ3) is 10.5. The number of hydrogen-bond acceptors (Lipinski definition) is 18. The zero-order valence-electron chi connectivity index (χ0n) is 30.8. The van der Waals surface area contributed by atoms with Crippen molar-refractivity contribution in [3.05, 3.63) is 61.5 Å². The molecule has 2 aliphatic heterocycles. The standard InChI is InChI=1S/C18H23N9O4S3.C14H16ClO5PS/c1-25(2)3-4-26-18(22-23-24-26)34-7-9-6-32-15-12(14(29)27(15)13(9)16(30)31)21-11(28)5-10-8-33-17(19)20-10;1-4-17-21(22,18-5-2)20-10-6-7-11-9(3)13(15)14(16)19-12(11)8-10/h8,12,15H,3-7H2,1-2H3,(H2,19,20)(H,21,28)(H,30,31);6-8H,4-5H2,1-3H3/t12-,15-;/m1./s1. The molecule has 1 aromatic carbocycles. The number of aryl methyl sites for hydroxylation is 1. The third-order valence-corrected chi connectivity index (χ3v) is 14.0. The van der Waals surface area contributed by atoms with Gasteiger partial charge in [-0.05, 0) is 68.6 Å². The Kier molecular flexibility index (Phi) is 14.9. The van der Waals surface area contributed by atoms with E-state index >= 15 is 0 Å². The van der Waals surface area contributed by atoms with Gasteiger partial charge in [-0.3, -0.25) is 23.5 Å². The highest BCUT2D eigenvalue weighted by molar-refractivity contribution is 8.07. The summed E-state index contributed by atoms with van der Waals surface area (Å²) in [6, 6.07) is 4.27. The van der Waals surface area contributed by atoms with Crippen LogP contribution in [-0.4, -0.2) is 115 Å². The number of likely N-dealkylation sites (N-methyl/N-ethyl adjacent to an activating group) is 1. The van der Waals surface area contributed by atoms with Gasteiger partial charge in [-0.1, -0.05) is 23.4 Å². The molecule has 0 saturated carbocycles. The molecule has 2 atom stereocenters. The number of β-lactam (4-membered cyclic amide) rings is 1. The van der Waals surface area contributed by atoms with E-state index in [1.54, 1.807) is 35.2 Å².